The van der Waals surface area contributed by atoms with Gasteiger partial charge in [-0.2, -0.15) is 5.10 Å². The fourth-order valence-corrected chi connectivity index (χ4v) is 6.08. The Hall–Kier alpha value is -4.27. The van der Waals surface area contributed by atoms with Crippen LogP contribution in [0.2, 0.25) is 0 Å². The third-order valence-electron chi connectivity index (χ3n) is 8.51. The van der Waals surface area contributed by atoms with E-state index in [4.69, 9.17) is 0 Å². The average molecular weight is 564 g/mol. The second kappa shape index (κ2) is 11.9. The van der Waals surface area contributed by atoms with Crippen molar-refractivity contribution in [3.8, 4) is 22.3 Å². The lowest BCUT2D eigenvalue weighted by Crippen LogP contribution is -2.35. The number of nitrogens with one attached hydrogen (secondary N) is 3. The quantitative estimate of drug-likeness (QED) is 0.233. The minimum absolute atomic E-state index is 0.143. The average Bonchev–Trinajstić information content (AvgIpc) is 3.62. The molecule has 1 fully saturated rings. The molecular formula is C34H37N5O3. The van der Waals surface area contributed by atoms with Crippen molar-refractivity contribution in [3.05, 3.63) is 94.8 Å². The number of anilines is 1. The number of aromatic nitrogens is 2. The van der Waals surface area contributed by atoms with Gasteiger partial charge in [0.2, 0.25) is 5.91 Å². The predicted molar refractivity (Wildman–Crippen MR) is 164 cm³/mol. The molecule has 8 heteroatoms. The smallest absolute Gasteiger partial charge is 0.276 e. The minimum Gasteiger partial charge on any atom is -0.387 e. The third kappa shape index (κ3) is 5.73. The number of aliphatic hydroxyl groups is 1. The molecule has 0 spiro atoms. The summed E-state index contributed by atoms with van der Waals surface area (Å²) in [6, 6.07) is 22.8. The molecule has 2 amide bonds. The van der Waals surface area contributed by atoms with Crippen LogP contribution in [0.25, 0.3) is 22.3 Å². The second-order valence-corrected chi connectivity index (χ2v) is 11.4. The Labute approximate surface area is 246 Å². The maximum atomic E-state index is 13.1. The van der Waals surface area contributed by atoms with Gasteiger partial charge in [0.05, 0.1) is 11.8 Å². The van der Waals surface area contributed by atoms with Crippen molar-refractivity contribution in [2.45, 2.75) is 64.8 Å². The largest absolute Gasteiger partial charge is 0.387 e. The SMILES string of the molecule is Cc1c(NC(=O)c2cc3n(n2)CCCC3O)cccc1-c1cccc(-c2ccc(CNC[C@@H]3CCC(=O)N3)cc2)c1C. The van der Waals surface area contributed by atoms with Crippen LogP contribution in [0.3, 0.4) is 0 Å². The van der Waals surface area contributed by atoms with Crippen LogP contribution in [0.4, 0.5) is 5.69 Å². The van der Waals surface area contributed by atoms with E-state index >= 15 is 0 Å². The summed E-state index contributed by atoms with van der Waals surface area (Å²) in [5.41, 5.74) is 9.60. The number of amides is 2. The molecule has 2 aliphatic heterocycles. The van der Waals surface area contributed by atoms with E-state index in [-0.39, 0.29) is 17.9 Å². The summed E-state index contributed by atoms with van der Waals surface area (Å²) < 4.78 is 1.74. The Morgan fingerprint density at radius 3 is 2.48 bits per heavy atom. The first-order valence-corrected chi connectivity index (χ1v) is 14.7. The van der Waals surface area contributed by atoms with Gasteiger partial charge in [0.1, 0.15) is 0 Å². The predicted octanol–water partition coefficient (Wildman–Crippen LogP) is 5.28. The highest BCUT2D eigenvalue weighted by molar-refractivity contribution is 6.04. The number of nitrogens with zero attached hydrogens (tertiary/aromatic N) is 2. The zero-order valence-electron chi connectivity index (χ0n) is 24.1. The second-order valence-electron chi connectivity index (χ2n) is 11.4. The molecule has 3 heterocycles. The van der Waals surface area contributed by atoms with Crippen molar-refractivity contribution >= 4 is 17.5 Å². The number of carbonyl (C=O) groups is 2. The highest BCUT2D eigenvalue weighted by Crippen LogP contribution is 2.36. The maximum absolute atomic E-state index is 13.1. The summed E-state index contributed by atoms with van der Waals surface area (Å²) in [6.45, 7) is 6.41. The molecule has 4 N–H and O–H groups in total. The summed E-state index contributed by atoms with van der Waals surface area (Å²) >= 11 is 0. The van der Waals surface area contributed by atoms with Crippen molar-refractivity contribution in [1.82, 2.24) is 20.4 Å². The molecule has 6 rings (SSSR count). The lowest BCUT2D eigenvalue weighted by molar-refractivity contribution is -0.119. The first-order valence-electron chi connectivity index (χ1n) is 14.7. The van der Waals surface area contributed by atoms with E-state index in [2.05, 4.69) is 76.5 Å². The molecule has 2 atom stereocenters. The zero-order chi connectivity index (χ0) is 29.2. The topological polar surface area (TPSA) is 108 Å². The zero-order valence-corrected chi connectivity index (χ0v) is 24.1. The number of hydrogen-bond donors (Lipinski definition) is 4. The number of rotatable bonds is 8. The Kier molecular flexibility index (Phi) is 7.91. The Morgan fingerprint density at radius 2 is 1.74 bits per heavy atom. The van der Waals surface area contributed by atoms with Gasteiger partial charge in [-0.15, -0.1) is 0 Å². The van der Waals surface area contributed by atoms with Gasteiger partial charge < -0.3 is 21.1 Å². The van der Waals surface area contributed by atoms with Crippen molar-refractivity contribution in [3.63, 3.8) is 0 Å². The molecule has 1 saturated heterocycles. The van der Waals surface area contributed by atoms with Gasteiger partial charge in [-0.1, -0.05) is 54.6 Å². The molecule has 0 saturated carbocycles. The summed E-state index contributed by atoms with van der Waals surface area (Å²) in [5.74, 6) is -0.137. The molecule has 0 radical (unpaired) electrons. The Balaban J connectivity index is 1.17. The van der Waals surface area contributed by atoms with Crippen molar-refractivity contribution < 1.29 is 14.7 Å². The summed E-state index contributed by atoms with van der Waals surface area (Å²) in [7, 11) is 0. The maximum Gasteiger partial charge on any atom is 0.276 e. The summed E-state index contributed by atoms with van der Waals surface area (Å²) in [5, 5.41) is 24.2. The van der Waals surface area contributed by atoms with E-state index in [0.29, 0.717) is 30.8 Å². The van der Waals surface area contributed by atoms with Crippen LogP contribution in [0.1, 0.15) is 64.7 Å². The van der Waals surface area contributed by atoms with Crippen LogP contribution >= 0.6 is 0 Å². The van der Waals surface area contributed by atoms with Gasteiger partial charge in [-0.3, -0.25) is 14.3 Å². The highest BCUT2D eigenvalue weighted by Gasteiger charge is 2.23. The standard InChI is InChI=1S/C34H37N5O3/c1-21-26(24-13-11-23(12-14-24)19-35-20-25-15-16-33(41)36-25)6-3-7-27(21)28-8-4-9-29(22(28)2)37-34(42)30-18-31-32(40)10-5-17-39(31)38-30/h3-4,6-9,11-14,18,25,32,35,40H,5,10,15-17,19-20H2,1-2H3,(H,36,41)(H,37,42)/t25-,32?/m0/s1. The first kappa shape index (κ1) is 27.9. The van der Waals surface area contributed by atoms with E-state index in [1.165, 1.54) is 11.1 Å². The molecule has 2 aliphatic rings. The van der Waals surface area contributed by atoms with Crippen molar-refractivity contribution in [2.24, 2.45) is 0 Å². The summed E-state index contributed by atoms with van der Waals surface area (Å²) in [4.78, 5) is 24.5. The molecular weight excluding hydrogens is 526 g/mol. The van der Waals surface area contributed by atoms with E-state index in [9.17, 15) is 14.7 Å². The van der Waals surface area contributed by atoms with E-state index in [1.54, 1.807) is 10.7 Å². The van der Waals surface area contributed by atoms with Crippen LogP contribution < -0.4 is 16.0 Å². The van der Waals surface area contributed by atoms with Gasteiger partial charge in [0, 0.05) is 37.8 Å². The first-order chi connectivity index (χ1) is 20.4. The number of hydrogen-bond acceptors (Lipinski definition) is 5. The van der Waals surface area contributed by atoms with E-state index in [1.807, 2.05) is 19.1 Å². The normalized spacial score (nSPS) is 18.0. The summed E-state index contributed by atoms with van der Waals surface area (Å²) in [6.07, 6.45) is 2.48. The lowest BCUT2D eigenvalue weighted by atomic mass is 9.90. The molecule has 1 unspecified atom stereocenters. The van der Waals surface area contributed by atoms with Crippen LogP contribution in [-0.2, 0) is 17.9 Å². The molecule has 1 aromatic heterocycles. The van der Waals surface area contributed by atoms with Gasteiger partial charge in [0.15, 0.2) is 5.69 Å². The molecule has 0 aliphatic carbocycles. The lowest BCUT2D eigenvalue weighted by Gasteiger charge is -2.18. The van der Waals surface area contributed by atoms with Gasteiger partial charge in [0.25, 0.3) is 5.91 Å². The van der Waals surface area contributed by atoms with Gasteiger partial charge in [-0.05, 0) is 84.2 Å². The third-order valence-corrected chi connectivity index (χ3v) is 8.51. The van der Waals surface area contributed by atoms with Crippen molar-refractivity contribution in [2.75, 3.05) is 11.9 Å². The molecule has 4 aromatic rings. The van der Waals surface area contributed by atoms with Crippen LogP contribution in [0.15, 0.2) is 66.7 Å². The van der Waals surface area contributed by atoms with E-state index in [0.717, 1.165) is 59.4 Å². The fourth-order valence-electron chi connectivity index (χ4n) is 6.08. The Morgan fingerprint density at radius 1 is 1.00 bits per heavy atom. The molecule has 42 heavy (non-hydrogen) atoms. The number of carbonyl (C=O) groups excluding carboxylic acids is 2. The van der Waals surface area contributed by atoms with Crippen molar-refractivity contribution in [1.29, 1.82) is 0 Å². The minimum atomic E-state index is -0.576. The van der Waals surface area contributed by atoms with Crippen LogP contribution in [-0.4, -0.2) is 39.3 Å². The fraction of sp³-hybridized carbons (Fsp3) is 0.324. The number of benzene rings is 3. The highest BCUT2D eigenvalue weighted by atomic mass is 16.3. The van der Waals surface area contributed by atoms with Crippen LogP contribution in [0, 0.1) is 13.8 Å². The molecule has 216 valence electrons. The molecule has 0 bridgehead atoms. The van der Waals surface area contributed by atoms with Gasteiger partial charge >= 0.3 is 0 Å². The number of fused-ring (bicyclic) bond motifs is 1. The Bertz CT molecular complexity index is 1620. The van der Waals surface area contributed by atoms with Crippen LogP contribution in [0.5, 0.6) is 0 Å². The molecule has 8 nitrogen and oxygen atoms in total. The van der Waals surface area contributed by atoms with E-state index < -0.39 is 6.10 Å². The monoisotopic (exact) mass is 563 g/mol. The van der Waals surface area contributed by atoms with Gasteiger partial charge in [-0.25, -0.2) is 0 Å². The molecule has 3 aromatic carbocycles. The number of aryl methyl sites for hydroxylation is 1. The number of aliphatic hydroxyl groups excluding tert-OH is 1.